The smallest absolute Gasteiger partial charge is 0.220 e. The Labute approximate surface area is 173 Å². The molecule has 3 rings (SSSR count). The van der Waals surface area contributed by atoms with E-state index in [2.05, 4.69) is 0 Å². The number of amides is 1. The quantitative estimate of drug-likeness (QED) is 0.521. The van der Waals surface area contributed by atoms with E-state index < -0.39 is 12.0 Å². The zero-order valence-corrected chi connectivity index (χ0v) is 17.0. The second-order valence-corrected chi connectivity index (χ2v) is 7.18. The van der Waals surface area contributed by atoms with Crippen LogP contribution in [0.15, 0.2) is 91.0 Å². The fraction of sp³-hybridized carbons (Fsp3) is 0.231. The number of rotatable bonds is 8. The molecule has 3 nitrogen and oxygen atoms in total. The molecule has 0 spiro atoms. The van der Waals surface area contributed by atoms with Gasteiger partial charge in [0.05, 0.1) is 5.92 Å². The molecule has 1 unspecified atom stereocenters. The summed E-state index contributed by atoms with van der Waals surface area (Å²) in [7, 11) is 0. The number of carbonyl (C=O) groups is 2. The zero-order valence-electron chi connectivity index (χ0n) is 17.0. The molecule has 3 aromatic rings. The largest absolute Gasteiger partial charge is 0.329 e. The molecule has 0 N–H and O–H groups in total. The minimum atomic E-state index is -0.626. The highest BCUT2D eigenvalue weighted by Gasteiger charge is 2.35. The monoisotopic (exact) mass is 385 g/mol. The van der Waals surface area contributed by atoms with Crippen molar-refractivity contribution in [2.24, 2.45) is 0 Å². The van der Waals surface area contributed by atoms with Crippen LogP contribution in [-0.4, -0.2) is 23.1 Å². The van der Waals surface area contributed by atoms with Gasteiger partial charge in [-0.1, -0.05) is 97.9 Å². The first-order chi connectivity index (χ1) is 14.1. The van der Waals surface area contributed by atoms with Gasteiger partial charge in [0, 0.05) is 13.5 Å². The van der Waals surface area contributed by atoms with Gasteiger partial charge in [0.2, 0.25) is 5.91 Å². The lowest BCUT2D eigenvalue weighted by molar-refractivity contribution is -0.138. The average Bonchev–Trinajstić information content (AvgIpc) is 2.76. The summed E-state index contributed by atoms with van der Waals surface area (Å²) in [5.41, 5.74) is 2.72. The van der Waals surface area contributed by atoms with Gasteiger partial charge in [-0.15, -0.1) is 0 Å². The van der Waals surface area contributed by atoms with Crippen molar-refractivity contribution in [3.05, 3.63) is 108 Å². The molecular weight excluding hydrogens is 358 g/mol. The second-order valence-electron chi connectivity index (χ2n) is 7.18. The maximum Gasteiger partial charge on any atom is 0.220 e. The van der Waals surface area contributed by atoms with E-state index in [1.54, 1.807) is 11.8 Å². The van der Waals surface area contributed by atoms with E-state index in [1.807, 2.05) is 97.9 Å². The maximum atomic E-state index is 14.1. The van der Waals surface area contributed by atoms with Gasteiger partial charge in [-0.25, -0.2) is 0 Å². The molecule has 148 valence electrons. The SMILES string of the molecule is CCCN(C(C)=O)C(C(=O)C(c1ccccc1)c1ccccc1)c1ccccc1. The van der Waals surface area contributed by atoms with Crippen LogP contribution in [0.25, 0.3) is 0 Å². The predicted octanol–water partition coefficient (Wildman–Crippen LogP) is 5.39. The number of Topliss-reactive ketones (excluding diaryl/α,β-unsaturated/α-hetero) is 1. The molecule has 0 aliphatic heterocycles. The van der Waals surface area contributed by atoms with Gasteiger partial charge in [0.1, 0.15) is 6.04 Å². The molecule has 29 heavy (non-hydrogen) atoms. The van der Waals surface area contributed by atoms with E-state index in [-0.39, 0.29) is 11.7 Å². The minimum absolute atomic E-state index is 0.0113. The molecule has 1 atom stereocenters. The van der Waals surface area contributed by atoms with Crippen molar-refractivity contribution in [3.8, 4) is 0 Å². The van der Waals surface area contributed by atoms with E-state index in [9.17, 15) is 9.59 Å². The average molecular weight is 386 g/mol. The maximum absolute atomic E-state index is 14.1. The molecule has 1 amide bonds. The van der Waals surface area contributed by atoms with Gasteiger partial charge in [-0.3, -0.25) is 9.59 Å². The first kappa shape index (κ1) is 20.5. The molecule has 0 saturated carbocycles. The summed E-state index contributed by atoms with van der Waals surface area (Å²) in [6.07, 6.45) is 0.789. The Kier molecular flexibility index (Phi) is 6.96. The third-order valence-electron chi connectivity index (χ3n) is 5.12. The van der Waals surface area contributed by atoms with Gasteiger partial charge in [0.25, 0.3) is 0 Å². The fourth-order valence-corrected chi connectivity index (χ4v) is 3.81. The molecule has 0 aliphatic carbocycles. The Hall–Kier alpha value is -3.20. The van der Waals surface area contributed by atoms with Crippen LogP contribution >= 0.6 is 0 Å². The van der Waals surface area contributed by atoms with Crippen LogP contribution in [0.1, 0.15) is 48.9 Å². The van der Waals surface area contributed by atoms with Gasteiger partial charge >= 0.3 is 0 Å². The first-order valence-electron chi connectivity index (χ1n) is 10.1. The van der Waals surface area contributed by atoms with Gasteiger partial charge < -0.3 is 4.90 Å². The van der Waals surface area contributed by atoms with Crippen LogP contribution in [0.2, 0.25) is 0 Å². The first-order valence-corrected chi connectivity index (χ1v) is 10.1. The van der Waals surface area contributed by atoms with Crippen LogP contribution in [0, 0.1) is 0 Å². The molecule has 0 bridgehead atoms. The second kappa shape index (κ2) is 9.83. The van der Waals surface area contributed by atoms with Crippen LogP contribution in [0.4, 0.5) is 0 Å². The lowest BCUT2D eigenvalue weighted by Crippen LogP contribution is -2.40. The van der Waals surface area contributed by atoms with Crippen molar-refractivity contribution in [2.45, 2.75) is 32.2 Å². The molecule has 0 heterocycles. The number of carbonyl (C=O) groups excluding carboxylic acids is 2. The van der Waals surface area contributed by atoms with E-state index in [0.717, 1.165) is 23.1 Å². The molecule has 3 heteroatoms. The van der Waals surface area contributed by atoms with Crippen molar-refractivity contribution < 1.29 is 9.59 Å². The van der Waals surface area contributed by atoms with Crippen molar-refractivity contribution >= 4 is 11.7 Å². The van der Waals surface area contributed by atoms with E-state index in [0.29, 0.717) is 6.54 Å². The van der Waals surface area contributed by atoms with Crippen molar-refractivity contribution in [3.63, 3.8) is 0 Å². The summed E-state index contributed by atoms with van der Waals surface area (Å²) >= 11 is 0. The summed E-state index contributed by atoms with van der Waals surface area (Å²) < 4.78 is 0. The van der Waals surface area contributed by atoms with E-state index in [1.165, 1.54) is 0 Å². The van der Waals surface area contributed by atoms with Crippen LogP contribution in [0.5, 0.6) is 0 Å². The topological polar surface area (TPSA) is 37.4 Å². The number of ketones is 1. The van der Waals surface area contributed by atoms with Gasteiger partial charge in [-0.05, 0) is 23.1 Å². The summed E-state index contributed by atoms with van der Waals surface area (Å²) in [5, 5.41) is 0. The molecule has 3 aromatic carbocycles. The number of benzene rings is 3. The zero-order chi connectivity index (χ0) is 20.6. The summed E-state index contributed by atoms with van der Waals surface area (Å²) in [6, 6.07) is 28.6. The van der Waals surface area contributed by atoms with Gasteiger partial charge in [-0.2, -0.15) is 0 Å². The Morgan fingerprint density at radius 3 is 1.52 bits per heavy atom. The number of hydrogen-bond donors (Lipinski definition) is 0. The van der Waals surface area contributed by atoms with E-state index >= 15 is 0 Å². The molecule has 0 aliphatic rings. The lowest BCUT2D eigenvalue weighted by atomic mass is 9.82. The van der Waals surface area contributed by atoms with Crippen molar-refractivity contribution in [1.82, 2.24) is 4.90 Å². The lowest BCUT2D eigenvalue weighted by Gasteiger charge is -2.33. The molecule has 0 fully saturated rings. The Balaban J connectivity index is 2.14. The Bertz CT molecular complexity index is 883. The highest BCUT2D eigenvalue weighted by atomic mass is 16.2. The molecular formula is C26H27NO2. The Morgan fingerprint density at radius 2 is 1.14 bits per heavy atom. The highest BCUT2D eigenvalue weighted by molar-refractivity contribution is 5.96. The molecule has 0 radical (unpaired) electrons. The van der Waals surface area contributed by atoms with Crippen LogP contribution < -0.4 is 0 Å². The number of hydrogen-bond acceptors (Lipinski definition) is 2. The van der Waals surface area contributed by atoms with Crippen molar-refractivity contribution in [1.29, 1.82) is 0 Å². The van der Waals surface area contributed by atoms with Crippen LogP contribution in [-0.2, 0) is 9.59 Å². The fourth-order valence-electron chi connectivity index (χ4n) is 3.81. The highest BCUT2D eigenvalue weighted by Crippen LogP contribution is 2.34. The number of nitrogens with zero attached hydrogens (tertiary/aromatic N) is 1. The Morgan fingerprint density at radius 1 is 0.724 bits per heavy atom. The summed E-state index contributed by atoms with van der Waals surface area (Å²) in [6.45, 7) is 4.10. The third-order valence-corrected chi connectivity index (χ3v) is 5.12. The summed E-state index contributed by atoms with van der Waals surface area (Å²) in [4.78, 5) is 28.3. The normalized spacial score (nSPS) is 11.8. The minimum Gasteiger partial charge on any atom is -0.329 e. The molecule has 0 aromatic heterocycles. The third kappa shape index (κ3) is 4.80. The van der Waals surface area contributed by atoms with Crippen LogP contribution in [0.3, 0.4) is 0 Å². The summed E-state index contributed by atoms with van der Waals surface area (Å²) in [5.74, 6) is -0.521. The predicted molar refractivity (Wildman–Crippen MR) is 117 cm³/mol. The molecule has 0 saturated heterocycles. The van der Waals surface area contributed by atoms with Crippen molar-refractivity contribution in [2.75, 3.05) is 6.54 Å². The van der Waals surface area contributed by atoms with E-state index in [4.69, 9.17) is 0 Å². The van der Waals surface area contributed by atoms with Gasteiger partial charge in [0.15, 0.2) is 5.78 Å². The standard InChI is InChI=1S/C26H27NO2/c1-3-19-27(20(2)28)25(23-17-11-6-12-18-23)26(29)24(21-13-7-4-8-14-21)22-15-9-5-10-16-22/h4-18,24-25H,3,19H2,1-2H3.